The number of rotatable bonds is 6. The molecule has 1 aromatic carbocycles. The van der Waals surface area contributed by atoms with E-state index in [1.165, 1.54) is 6.33 Å². The molecule has 3 heterocycles. The van der Waals surface area contributed by atoms with Crippen molar-refractivity contribution in [2.24, 2.45) is 0 Å². The van der Waals surface area contributed by atoms with Gasteiger partial charge in [-0.3, -0.25) is 9.89 Å². The van der Waals surface area contributed by atoms with Crippen LogP contribution in [0.2, 0.25) is 0 Å². The molecule has 4 N–H and O–H groups in total. The Labute approximate surface area is 153 Å². The Morgan fingerprint density at radius 2 is 2.04 bits per heavy atom. The number of aliphatic hydroxyl groups excluding tert-OH is 1. The molecule has 4 rings (SSSR count). The van der Waals surface area contributed by atoms with Gasteiger partial charge in [-0.2, -0.15) is 10.2 Å². The van der Waals surface area contributed by atoms with Gasteiger partial charge in [0.05, 0.1) is 24.7 Å². The number of hydrogen-bond donors (Lipinski definition) is 4. The van der Waals surface area contributed by atoms with Crippen LogP contribution in [0.5, 0.6) is 0 Å². The first-order valence-corrected chi connectivity index (χ1v) is 8.20. The summed E-state index contributed by atoms with van der Waals surface area (Å²) in [6.45, 7) is 0.122. The second-order valence-corrected chi connectivity index (χ2v) is 5.66. The molecular formula is C17H16N8O2. The predicted octanol–water partition coefficient (Wildman–Crippen LogP) is 0.980. The van der Waals surface area contributed by atoms with Crippen molar-refractivity contribution < 1.29 is 9.90 Å². The first-order chi connectivity index (χ1) is 13.3. The Hall–Kier alpha value is -3.79. The zero-order valence-corrected chi connectivity index (χ0v) is 14.1. The van der Waals surface area contributed by atoms with E-state index in [1.807, 2.05) is 0 Å². The van der Waals surface area contributed by atoms with Gasteiger partial charge in [-0.15, -0.1) is 0 Å². The molecule has 0 radical (unpaired) electrons. The maximum atomic E-state index is 11.9. The third-order valence-electron chi connectivity index (χ3n) is 3.90. The zero-order chi connectivity index (χ0) is 18.6. The summed E-state index contributed by atoms with van der Waals surface area (Å²) in [7, 11) is 0. The number of fused-ring (bicyclic) bond motifs is 1. The molecule has 0 spiro atoms. The normalized spacial score (nSPS) is 10.9. The highest BCUT2D eigenvalue weighted by Gasteiger charge is 2.12. The van der Waals surface area contributed by atoms with E-state index in [2.05, 4.69) is 35.9 Å². The first kappa shape index (κ1) is 16.7. The third-order valence-corrected chi connectivity index (χ3v) is 3.90. The number of benzene rings is 1. The minimum atomic E-state index is -0.238. The monoisotopic (exact) mass is 364 g/mol. The van der Waals surface area contributed by atoms with Crippen molar-refractivity contribution in [1.82, 2.24) is 35.1 Å². The van der Waals surface area contributed by atoms with Gasteiger partial charge in [-0.25, -0.2) is 14.5 Å². The lowest BCUT2D eigenvalue weighted by Crippen LogP contribution is -2.26. The average molecular weight is 364 g/mol. The molecule has 0 aliphatic carbocycles. The van der Waals surface area contributed by atoms with Crippen molar-refractivity contribution in [2.45, 2.75) is 0 Å². The molecular weight excluding hydrogens is 348 g/mol. The van der Waals surface area contributed by atoms with Gasteiger partial charge < -0.3 is 15.7 Å². The molecule has 0 atom stereocenters. The second kappa shape index (κ2) is 7.22. The quantitative estimate of drug-likeness (QED) is 0.401. The summed E-state index contributed by atoms with van der Waals surface area (Å²) in [5, 5.41) is 25.5. The summed E-state index contributed by atoms with van der Waals surface area (Å²) >= 11 is 0. The van der Waals surface area contributed by atoms with E-state index < -0.39 is 0 Å². The summed E-state index contributed by atoms with van der Waals surface area (Å²) < 4.78 is 1.68. The number of anilines is 2. The molecule has 4 aromatic rings. The van der Waals surface area contributed by atoms with Crippen LogP contribution >= 0.6 is 0 Å². The minimum absolute atomic E-state index is 0.0970. The highest BCUT2D eigenvalue weighted by atomic mass is 16.3. The van der Waals surface area contributed by atoms with Crippen molar-refractivity contribution in [3.63, 3.8) is 0 Å². The standard InChI is InChI=1S/C17H16N8O2/c26-6-5-18-17(27)11-1-3-13(4-2-11)24-15-16-20-10-23-25(16)14(9-19-15)12-7-21-22-8-12/h1-4,7-10,26H,5-6H2,(H,18,27)(H,19,24)(H,21,22). The fourth-order valence-corrected chi connectivity index (χ4v) is 2.61. The summed E-state index contributed by atoms with van der Waals surface area (Å²) in [4.78, 5) is 20.6. The Morgan fingerprint density at radius 3 is 2.78 bits per heavy atom. The number of nitrogens with one attached hydrogen (secondary N) is 3. The summed E-state index contributed by atoms with van der Waals surface area (Å²) in [5.41, 5.74) is 3.44. The molecule has 0 unspecified atom stereocenters. The Morgan fingerprint density at radius 1 is 1.19 bits per heavy atom. The van der Waals surface area contributed by atoms with Crippen LogP contribution in [0.3, 0.4) is 0 Å². The maximum absolute atomic E-state index is 11.9. The SMILES string of the molecule is O=C(NCCO)c1ccc(Nc2ncc(-c3cn[nH]c3)n3ncnc23)cc1. The Kier molecular flexibility index (Phi) is 4.45. The summed E-state index contributed by atoms with van der Waals surface area (Å²) in [6.07, 6.45) is 6.59. The second-order valence-electron chi connectivity index (χ2n) is 5.66. The van der Waals surface area contributed by atoms with Crippen LogP contribution in [0.1, 0.15) is 10.4 Å². The van der Waals surface area contributed by atoms with E-state index in [0.29, 0.717) is 17.0 Å². The third kappa shape index (κ3) is 3.33. The van der Waals surface area contributed by atoms with E-state index in [9.17, 15) is 4.79 Å². The van der Waals surface area contributed by atoms with Gasteiger partial charge in [0.1, 0.15) is 6.33 Å². The molecule has 10 heteroatoms. The van der Waals surface area contributed by atoms with Gasteiger partial charge in [0, 0.05) is 29.6 Å². The smallest absolute Gasteiger partial charge is 0.251 e. The van der Waals surface area contributed by atoms with Crippen LogP contribution < -0.4 is 10.6 Å². The molecule has 136 valence electrons. The van der Waals surface area contributed by atoms with E-state index in [4.69, 9.17) is 5.11 Å². The summed E-state index contributed by atoms with van der Waals surface area (Å²) in [6, 6.07) is 6.92. The van der Waals surface area contributed by atoms with Crippen molar-refractivity contribution in [1.29, 1.82) is 0 Å². The maximum Gasteiger partial charge on any atom is 0.251 e. The van der Waals surface area contributed by atoms with Gasteiger partial charge >= 0.3 is 0 Å². The van der Waals surface area contributed by atoms with Gasteiger partial charge in [-0.1, -0.05) is 0 Å². The van der Waals surface area contributed by atoms with Gasteiger partial charge in [-0.05, 0) is 24.3 Å². The van der Waals surface area contributed by atoms with Crippen LogP contribution in [-0.2, 0) is 0 Å². The molecule has 3 aromatic heterocycles. The van der Waals surface area contributed by atoms with Gasteiger partial charge in [0.25, 0.3) is 5.91 Å². The number of aromatic amines is 1. The molecule has 0 saturated carbocycles. The lowest BCUT2D eigenvalue weighted by atomic mass is 10.2. The lowest BCUT2D eigenvalue weighted by Gasteiger charge is -2.09. The highest BCUT2D eigenvalue weighted by Crippen LogP contribution is 2.23. The molecule has 0 saturated heterocycles. The first-order valence-electron chi connectivity index (χ1n) is 8.20. The van der Waals surface area contributed by atoms with E-state index in [-0.39, 0.29) is 19.1 Å². The lowest BCUT2D eigenvalue weighted by molar-refractivity contribution is 0.0945. The van der Waals surface area contributed by atoms with Crippen molar-refractivity contribution in [2.75, 3.05) is 18.5 Å². The molecule has 1 amide bonds. The number of nitrogens with zero attached hydrogens (tertiary/aromatic N) is 5. The molecule has 10 nitrogen and oxygen atoms in total. The van der Waals surface area contributed by atoms with E-state index >= 15 is 0 Å². The van der Waals surface area contributed by atoms with Crippen molar-refractivity contribution in [3.8, 4) is 11.3 Å². The fourth-order valence-electron chi connectivity index (χ4n) is 2.61. The number of carbonyl (C=O) groups excluding carboxylic acids is 1. The zero-order valence-electron chi connectivity index (χ0n) is 14.1. The average Bonchev–Trinajstić information content (AvgIpc) is 3.39. The van der Waals surface area contributed by atoms with Gasteiger partial charge in [0.2, 0.25) is 0 Å². The van der Waals surface area contributed by atoms with Crippen LogP contribution in [0, 0.1) is 0 Å². The van der Waals surface area contributed by atoms with Crippen molar-refractivity contribution in [3.05, 3.63) is 54.7 Å². The largest absolute Gasteiger partial charge is 0.395 e. The number of hydrogen-bond acceptors (Lipinski definition) is 7. The molecule has 0 fully saturated rings. The molecule has 0 aliphatic heterocycles. The van der Waals surface area contributed by atoms with Crippen LogP contribution in [0.4, 0.5) is 11.5 Å². The van der Waals surface area contributed by atoms with E-state index in [1.54, 1.807) is 47.4 Å². The van der Waals surface area contributed by atoms with Crippen LogP contribution in [-0.4, -0.2) is 53.9 Å². The fraction of sp³-hybridized carbons (Fsp3) is 0.118. The molecule has 0 bridgehead atoms. The van der Waals surface area contributed by atoms with Crippen LogP contribution in [0.15, 0.2) is 49.2 Å². The summed E-state index contributed by atoms with van der Waals surface area (Å²) in [5.74, 6) is 0.301. The predicted molar refractivity (Wildman–Crippen MR) is 97.5 cm³/mol. The highest BCUT2D eigenvalue weighted by molar-refractivity contribution is 5.94. The number of amides is 1. The minimum Gasteiger partial charge on any atom is -0.395 e. The molecule has 27 heavy (non-hydrogen) atoms. The number of aliphatic hydroxyl groups is 1. The number of aromatic nitrogens is 6. The topological polar surface area (TPSA) is 133 Å². The Balaban J connectivity index is 1.58. The van der Waals surface area contributed by atoms with Crippen LogP contribution in [0.25, 0.3) is 16.9 Å². The number of carbonyl (C=O) groups is 1. The number of H-pyrrole nitrogens is 1. The Bertz CT molecular complexity index is 1060. The van der Waals surface area contributed by atoms with E-state index in [0.717, 1.165) is 16.9 Å². The van der Waals surface area contributed by atoms with Gasteiger partial charge in [0.15, 0.2) is 11.5 Å². The molecule has 0 aliphatic rings. The van der Waals surface area contributed by atoms with Crippen molar-refractivity contribution >= 4 is 23.1 Å².